The third-order valence-corrected chi connectivity index (χ3v) is 2.87. The van der Waals surface area contributed by atoms with E-state index in [1.807, 2.05) is 6.07 Å². The van der Waals surface area contributed by atoms with Crippen LogP contribution in [0.4, 0.5) is 0 Å². The lowest BCUT2D eigenvalue weighted by Crippen LogP contribution is -1.86. The maximum absolute atomic E-state index is 8.81. The Morgan fingerprint density at radius 3 is 3.00 bits per heavy atom. The fraction of sp³-hybridized carbons (Fsp3) is 0.143. The number of hydrogen-bond acceptors (Lipinski definition) is 4. The summed E-state index contributed by atoms with van der Waals surface area (Å²) >= 11 is 4.74. The van der Waals surface area contributed by atoms with Gasteiger partial charge in [-0.05, 0) is 28.1 Å². The average Bonchev–Trinajstić information content (AvgIpc) is 2.43. The SMILES string of the molecule is OCc1ccc2nc(Br)sc2n1. The molecular weight excluding hydrogens is 240 g/mol. The molecule has 1 N–H and O–H groups in total. The number of rotatable bonds is 1. The van der Waals surface area contributed by atoms with Crippen LogP contribution in [-0.4, -0.2) is 15.1 Å². The zero-order valence-corrected chi connectivity index (χ0v) is 8.39. The van der Waals surface area contributed by atoms with Gasteiger partial charge in [-0.25, -0.2) is 9.97 Å². The van der Waals surface area contributed by atoms with Crippen molar-refractivity contribution in [3.63, 3.8) is 0 Å². The lowest BCUT2D eigenvalue weighted by molar-refractivity contribution is 0.277. The Labute approximate surface area is 81.2 Å². The van der Waals surface area contributed by atoms with Crippen molar-refractivity contribution in [2.45, 2.75) is 6.61 Å². The smallest absolute Gasteiger partial charge is 0.161 e. The molecule has 0 amide bonds. The third kappa shape index (κ3) is 1.35. The number of aromatic nitrogens is 2. The molecule has 0 spiro atoms. The topological polar surface area (TPSA) is 46.0 Å². The van der Waals surface area contributed by atoms with E-state index in [0.717, 1.165) is 14.3 Å². The summed E-state index contributed by atoms with van der Waals surface area (Å²) < 4.78 is 0.820. The van der Waals surface area contributed by atoms with Gasteiger partial charge in [0.25, 0.3) is 0 Å². The van der Waals surface area contributed by atoms with Gasteiger partial charge in [-0.2, -0.15) is 0 Å². The van der Waals surface area contributed by atoms with Crippen LogP contribution in [0.15, 0.2) is 16.0 Å². The third-order valence-electron chi connectivity index (χ3n) is 1.45. The first-order valence-electron chi connectivity index (χ1n) is 3.32. The lowest BCUT2D eigenvalue weighted by atomic mass is 10.3. The number of hydrogen-bond donors (Lipinski definition) is 1. The largest absolute Gasteiger partial charge is 0.390 e. The predicted octanol–water partition coefficient (Wildman–Crippen LogP) is 1.95. The summed E-state index contributed by atoms with van der Waals surface area (Å²) in [5, 5.41) is 8.81. The molecule has 0 radical (unpaired) electrons. The highest BCUT2D eigenvalue weighted by molar-refractivity contribution is 9.11. The van der Waals surface area contributed by atoms with Crippen molar-refractivity contribution in [3.05, 3.63) is 21.7 Å². The average molecular weight is 245 g/mol. The van der Waals surface area contributed by atoms with Gasteiger partial charge >= 0.3 is 0 Å². The molecule has 0 fully saturated rings. The van der Waals surface area contributed by atoms with Crippen LogP contribution in [0, 0.1) is 0 Å². The summed E-state index contributed by atoms with van der Waals surface area (Å²) in [5.41, 5.74) is 1.54. The van der Waals surface area contributed by atoms with Crippen LogP contribution in [0.2, 0.25) is 0 Å². The summed E-state index contributed by atoms with van der Waals surface area (Å²) in [6.45, 7) is -0.0224. The fourth-order valence-electron chi connectivity index (χ4n) is 0.917. The van der Waals surface area contributed by atoms with Crippen molar-refractivity contribution in [3.8, 4) is 0 Å². The first kappa shape index (κ1) is 8.10. The molecule has 0 unspecified atom stereocenters. The van der Waals surface area contributed by atoms with Gasteiger partial charge in [0.2, 0.25) is 0 Å². The summed E-state index contributed by atoms with van der Waals surface area (Å²) in [5.74, 6) is 0. The second-order valence-electron chi connectivity index (χ2n) is 2.25. The number of aliphatic hydroxyl groups excluding tert-OH is 1. The van der Waals surface area contributed by atoms with Crippen molar-refractivity contribution in [2.75, 3.05) is 0 Å². The van der Waals surface area contributed by atoms with Crippen molar-refractivity contribution < 1.29 is 5.11 Å². The second kappa shape index (κ2) is 3.08. The van der Waals surface area contributed by atoms with Gasteiger partial charge in [-0.15, -0.1) is 0 Å². The lowest BCUT2D eigenvalue weighted by Gasteiger charge is -1.92. The highest BCUT2D eigenvalue weighted by Crippen LogP contribution is 2.24. The molecule has 62 valence electrons. The van der Waals surface area contributed by atoms with Gasteiger partial charge in [0.15, 0.2) is 3.92 Å². The number of pyridine rings is 1. The van der Waals surface area contributed by atoms with Crippen LogP contribution in [0.25, 0.3) is 10.3 Å². The molecule has 2 rings (SSSR count). The van der Waals surface area contributed by atoms with E-state index in [0.29, 0.717) is 5.69 Å². The van der Waals surface area contributed by atoms with Crippen molar-refractivity contribution in [1.82, 2.24) is 9.97 Å². The molecule has 0 saturated heterocycles. The molecule has 2 heterocycles. The maximum atomic E-state index is 8.81. The number of nitrogens with zero attached hydrogens (tertiary/aromatic N) is 2. The van der Waals surface area contributed by atoms with Crippen LogP contribution in [-0.2, 0) is 6.61 Å². The van der Waals surface area contributed by atoms with Gasteiger partial charge < -0.3 is 5.11 Å². The molecule has 0 aliphatic carbocycles. The summed E-state index contributed by atoms with van der Waals surface area (Å²) in [6.07, 6.45) is 0. The molecule has 3 nitrogen and oxygen atoms in total. The van der Waals surface area contributed by atoms with Crippen LogP contribution in [0.1, 0.15) is 5.69 Å². The van der Waals surface area contributed by atoms with Crippen molar-refractivity contribution in [2.24, 2.45) is 0 Å². The Kier molecular flexibility index (Phi) is 2.08. The van der Waals surface area contributed by atoms with E-state index in [-0.39, 0.29) is 6.61 Å². The molecule has 0 aromatic carbocycles. The molecule has 2 aromatic rings. The van der Waals surface area contributed by atoms with E-state index >= 15 is 0 Å². The number of thiazole rings is 1. The van der Waals surface area contributed by atoms with Gasteiger partial charge in [-0.1, -0.05) is 11.3 Å². The molecule has 12 heavy (non-hydrogen) atoms. The molecule has 0 aliphatic heterocycles. The van der Waals surface area contributed by atoms with Gasteiger partial charge in [0.05, 0.1) is 12.3 Å². The predicted molar refractivity (Wildman–Crippen MR) is 51.0 cm³/mol. The Bertz CT molecular complexity index is 415. The van der Waals surface area contributed by atoms with E-state index in [4.69, 9.17) is 5.11 Å². The molecule has 0 saturated carbocycles. The molecule has 5 heteroatoms. The van der Waals surface area contributed by atoms with Gasteiger partial charge in [0, 0.05) is 0 Å². The van der Waals surface area contributed by atoms with Gasteiger partial charge in [-0.3, -0.25) is 0 Å². The number of halogens is 1. The van der Waals surface area contributed by atoms with E-state index in [2.05, 4.69) is 25.9 Å². The Morgan fingerprint density at radius 2 is 2.25 bits per heavy atom. The van der Waals surface area contributed by atoms with Crippen molar-refractivity contribution in [1.29, 1.82) is 0 Å². The highest BCUT2D eigenvalue weighted by Gasteiger charge is 2.02. The zero-order valence-electron chi connectivity index (χ0n) is 5.99. The van der Waals surface area contributed by atoms with Crippen LogP contribution < -0.4 is 0 Å². The van der Waals surface area contributed by atoms with E-state index in [1.165, 1.54) is 11.3 Å². The standard InChI is InChI=1S/C7H5BrN2OS/c8-7-10-5-2-1-4(3-11)9-6(5)12-7/h1-2,11H,3H2. The summed E-state index contributed by atoms with van der Waals surface area (Å²) in [6, 6.07) is 3.63. The zero-order chi connectivity index (χ0) is 8.55. The minimum Gasteiger partial charge on any atom is -0.390 e. The molecule has 2 aromatic heterocycles. The normalized spacial score (nSPS) is 10.8. The van der Waals surface area contributed by atoms with E-state index in [9.17, 15) is 0 Å². The fourth-order valence-corrected chi connectivity index (χ4v) is 2.25. The van der Waals surface area contributed by atoms with Crippen molar-refractivity contribution >= 4 is 37.6 Å². The Morgan fingerprint density at radius 1 is 1.42 bits per heavy atom. The Hall–Kier alpha value is -0.520. The summed E-state index contributed by atoms with van der Waals surface area (Å²) in [7, 11) is 0. The van der Waals surface area contributed by atoms with Crippen LogP contribution in [0.3, 0.4) is 0 Å². The molecule has 0 bridgehead atoms. The number of fused-ring (bicyclic) bond motifs is 1. The first-order valence-corrected chi connectivity index (χ1v) is 4.93. The quantitative estimate of drug-likeness (QED) is 0.835. The number of aliphatic hydroxyl groups is 1. The Balaban J connectivity index is 2.66. The minimum absolute atomic E-state index is 0.0224. The molecular formula is C7H5BrN2OS. The van der Waals surface area contributed by atoms with Crippen LogP contribution >= 0.6 is 27.3 Å². The van der Waals surface area contributed by atoms with E-state index in [1.54, 1.807) is 6.07 Å². The molecule has 0 atom stereocenters. The molecule has 0 aliphatic rings. The van der Waals surface area contributed by atoms with E-state index < -0.39 is 0 Å². The first-order chi connectivity index (χ1) is 5.79. The van der Waals surface area contributed by atoms with Crippen LogP contribution in [0.5, 0.6) is 0 Å². The van der Waals surface area contributed by atoms with Gasteiger partial charge in [0.1, 0.15) is 10.3 Å². The monoisotopic (exact) mass is 244 g/mol. The highest BCUT2D eigenvalue weighted by atomic mass is 79.9. The minimum atomic E-state index is -0.0224. The second-order valence-corrected chi connectivity index (χ2v) is 4.51. The summed E-state index contributed by atoms with van der Waals surface area (Å²) in [4.78, 5) is 9.23. The maximum Gasteiger partial charge on any atom is 0.161 e.